The van der Waals surface area contributed by atoms with E-state index in [9.17, 15) is 4.79 Å². The molecule has 3 N–H and O–H groups in total. The van der Waals surface area contributed by atoms with Crippen molar-refractivity contribution in [2.45, 2.75) is 0 Å². The highest BCUT2D eigenvalue weighted by molar-refractivity contribution is 5.68. The first kappa shape index (κ1) is 7.39. The normalized spacial score (nSPS) is 9.12. The minimum Gasteiger partial charge on any atom is -0.480 e. The van der Waals surface area contributed by atoms with Gasteiger partial charge in [0.05, 0.1) is 0 Å². The van der Waals surface area contributed by atoms with Gasteiger partial charge in [0, 0.05) is 6.54 Å². The van der Waals surface area contributed by atoms with E-state index >= 15 is 0 Å². The van der Waals surface area contributed by atoms with E-state index < -0.39 is 5.97 Å². The number of carbonyl (C=O) groups is 1. The summed E-state index contributed by atoms with van der Waals surface area (Å²) in [6.07, 6.45) is 0. The molecule has 0 atom stereocenters. The summed E-state index contributed by atoms with van der Waals surface area (Å²) in [7, 11) is 0. The third-order valence-electron chi connectivity index (χ3n) is 0.490. The Morgan fingerprint density at radius 3 is 2.62 bits per heavy atom. The molecule has 0 unspecified atom stereocenters. The quantitative estimate of drug-likeness (QED) is 0.326. The Bertz CT molecular complexity index is 74.4. The summed E-state index contributed by atoms with van der Waals surface area (Å²) >= 11 is 0. The number of hydrazine groups is 1. The van der Waals surface area contributed by atoms with Crippen molar-refractivity contribution < 1.29 is 9.90 Å². The summed E-state index contributed by atoms with van der Waals surface area (Å²) in [5, 5.41) is 8.02. The Balaban J connectivity index is 2.82. The van der Waals surface area contributed by atoms with Crippen LogP contribution in [-0.4, -0.2) is 24.2 Å². The fourth-order valence-corrected chi connectivity index (χ4v) is 0.227. The van der Waals surface area contributed by atoms with Crippen molar-refractivity contribution >= 4 is 5.97 Å². The molecule has 0 rings (SSSR count). The van der Waals surface area contributed by atoms with E-state index in [1.54, 1.807) is 0 Å². The molecule has 0 saturated carbocycles. The Kier molecular flexibility index (Phi) is 4.20. The Hall–Kier alpha value is -0.610. The summed E-state index contributed by atoms with van der Waals surface area (Å²) in [5.41, 5.74) is 4.96. The van der Waals surface area contributed by atoms with E-state index in [1.807, 2.05) is 0 Å². The third-order valence-corrected chi connectivity index (χ3v) is 0.490. The van der Waals surface area contributed by atoms with Crippen molar-refractivity contribution in [1.29, 1.82) is 0 Å². The number of rotatable bonds is 4. The van der Waals surface area contributed by atoms with Crippen LogP contribution < -0.4 is 10.9 Å². The van der Waals surface area contributed by atoms with Crippen molar-refractivity contribution in [3.05, 3.63) is 6.92 Å². The summed E-state index contributed by atoms with van der Waals surface area (Å²) in [4.78, 5) is 9.75. The Morgan fingerprint density at radius 2 is 2.25 bits per heavy atom. The molecule has 0 amide bonds. The summed E-state index contributed by atoms with van der Waals surface area (Å²) in [6.45, 7) is 3.82. The molecule has 1 radical (unpaired) electrons. The van der Waals surface area contributed by atoms with E-state index in [1.165, 1.54) is 0 Å². The summed E-state index contributed by atoms with van der Waals surface area (Å²) in [5.74, 6) is -0.883. The van der Waals surface area contributed by atoms with Gasteiger partial charge in [-0.05, 0) is 6.92 Å². The molecule has 4 nitrogen and oxygen atoms in total. The molecule has 0 aliphatic carbocycles. The first-order chi connectivity index (χ1) is 3.77. The van der Waals surface area contributed by atoms with Crippen LogP contribution in [0.1, 0.15) is 0 Å². The zero-order valence-electron chi connectivity index (χ0n) is 4.48. The van der Waals surface area contributed by atoms with Crippen molar-refractivity contribution in [2.75, 3.05) is 13.1 Å². The predicted molar refractivity (Wildman–Crippen MR) is 29.0 cm³/mol. The van der Waals surface area contributed by atoms with Crippen LogP contribution in [0.5, 0.6) is 0 Å². The largest absolute Gasteiger partial charge is 0.480 e. The average Bonchev–Trinajstić information content (AvgIpc) is 1.66. The van der Waals surface area contributed by atoms with Crippen molar-refractivity contribution in [1.82, 2.24) is 10.9 Å². The maximum atomic E-state index is 9.75. The molecule has 47 valence electrons. The summed E-state index contributed by atoms with van der Waals surface area (Å²) in [6, 6.07) is 0. The second-order valence-electron chi connectivity index (χ2n) is 1.17. The lowest BCUT2D eigenvalue weighted by Crippen LogP contribution is -2.35. The van der Waals surface area contributed by atoms with Crippen molar-refractivity contribution in [3.63, 3.8) is 0 Å². The van der Waals surface area contributed by atoms with Crippen LogP contribution in [0.25, 0.3) is 0 Å². The van der Waals surface area contributed by atoms with Gasteiger partial charge in [-0.1, -0.05) is 0 Å². The zero-order chi connectivity index (χ0) is 6.41. The van der Waals surface area contributed by atoms with Gasteiger partial charge >= 0.3 is 5.97 Å². The minimum absolute atomic E-state index is 0.0739. The predicted octanol–water partition coefficient (Wildman–Crippen LogP) is -1.00. The van der Waals surface area contributed by atoms with Gasteiger partial charge in [0.2, 0.25) is 0 Å². The standard InChI is InChI=1S/C4H9N2O2/c1-2-5-6-3-4(7)8/h5-6H,1-3H2,(H,7,8). The molecule has 0 spiro atoms. The van der Waals surface area contributed by atoms with Gasteiger partial charge in [-0.2, -0.15) is 0 Å². The molecule has 0 aromatic rings. The monoisotopic (exact) mass is 117 g/mol. The Labute approximate surface area is 47.9 Å². The molecule has 0 heterocycles. The lowest BCUT2D eigenvalue weighted by atomic mass is 10.7. The van der Waals surface area contributed by atoms with Crippen LogP contribution in [0.4, 0.5) is 0 Å². The van der Waals surface area contributed by atoms with Gasteiger partial charge in [-0.3, -0.25) is 10.2 Å². The van der Waals surface area contributed by atoms with Crippen molar-refractivity contribution in [3.8, 4) is 0 Å². The molecule has 0 aliphatic rings. The first-order valence-electron chi connectivity index (χ1n) is 2.24. The van der Waals surface area contributed by atoms with E-state index in [4.69, 9.17) is 5.11 Å². The van der Waals surface area contributed by atoms with Crippen LogP contribution in [0, 0.1) is 6.92 Å². The van der Waals surface area contributed by atoms with E-state index in [0.29, 0.717) is 6.54 Å². The fraction of sp³-hybridized carbons (Fsp3) is 0.500. The maximum Gasteiger partial charge on any atom is 0.318 e. The van der Waals surface area contributed by atoms with Gasteiger partial charge in [0.1, 0.15) is 6.54 Å². The number of aliphatic carboxylic acids is 1. The minimum atomic E-state index is -0.883. The number of nitrogens with one attached hydrogen (secondary N) is 2. The number of hydrogen-bond donors (Lipinski definition) is 3. The smallest absolute Gasteiger partial charge is 0.318 e. The molecule has 0 saturated heterocycles. The molecule has 0 bridgehead atoms. The van der Waals surface area contributed by atoms with Gasteiger partial charge in [0.25, 0.3) is 0 Å². The van der Waals surface area contributed by atoms with E-state index in [0.717, 1.165) is 0 Å². The van der Waals surface area contributed by atoms with E-state index in [2.05, 4.69) is 17.8 Å². The number of hydrogen-bond acceptors (Lipinski definition) is 3. The molecule has 0 aromatic carbocycles. The molecule has 4 heteroatoms. The lowest BCUT2D eigenvalue weighted by Gasteiger charge is -1.97. The fourth-order valence-electron chi connectivity index (χ4n) is 0.227. The molecule has 8 heavy (non-hydrogen) atoms. The highest BCUT2D eigenvalue weighted by Gasteiger charge is 1.90. The zero-order valence-corrected chi connectivity index (χ0v) is 4.48. The van der Waals surface area contributed by atoms with Crippen LogP contribution in [0.3, 0.4) is 0 Å². The average molecular weight is 117 g/mol. The SMILES string of the molecule is [CH2]CNNCC(=O)O. The van der Waals surface area contributed by atoms with Gasteiger partial charge < -0.3 is 5.11 Å². The second kappa shape index (κ2) is 4.55. The topological polar surface area (TPSA) is 61.4 Å². The maximum absolute atomic E-state index is 9.75. The van der Waals surface area contributed by atoms with Crippen LogP contribution in [0.15, 0.2) is 0 Å². The Morgan fingerprint density at radius 1 is 1.62 bits per heavy atom. The van der Waals surface area contributed by atoms with Gasteiger partial charge in [0.15, 0.2) is 0 Å². The van der Waals surface area contributed by atoms with Crippen LogP contribution in [0.2, 0.25) is 0 Å². The number of carboxylic acids is 1. The molecule has 0 aliphatic heterocycles. The van der Waals surface area contributed by atoms with E-state index in [-0.39, 0.29) is 6.54 Å². The van der Waals surface area contributed by atoms with Crippen LogP contribution in [-0.2, 0) is 4.79 Å². The second-order valence-corrected chi connectivity index (χ2v) is 1.17. The van der Waals surface area contributed by atoms with Crippen molar-refractivity contribution in [2.24, 2.45) is 0 Å². The highest BCUT2D eigenvalue weighted by atomic mass is 16.4. The third kappa shape index (κ3) is 5.39. The molecular weight excluding hydrogens is 108 g/mol. The number of carboxylic acid groups (broad SMARTS) is 1. The van der Waals surface area contributed by atoms with Crippen LogP contribution >= 0.6 is 0 Å². The van der Waals surface area contributed by atoms with Gasteiger partial charge in [-0.15, -0.1) is 0 Å². The highest BCUT2D eigenvalue weighted by Crippen LogP contribution is 1.53. The molecular formula is C4H9N2O2. The van der Waals surface area contributed by atoms with Gasteiger partial charge in [-0.25, -0.2) is 5.43 Å². The molecule has 0 aromatic heterocycles. The summed E-state index contributed by atoms with van der Waals surface area (Å²) < 4.78 is 0. The first-order valence-corrected chi connectivity index (χ1v) is 2.24. The molecule has 0 fully saturated rings. The lowest BCUT2D eigenvalue weighted by molar-refractivity contribution is -0.136.